The number of nitrogens with zero attached hydrogens (tertiary/aromatic N) is 2. The fourth-order valence-corrected chi connectivity index (χ4v) is 0.957. The van der Waals surface area contributed by atoms with Gasteiger partial charge in [-0.2, -0.15) is 10.2 Å². The van der Waals surface area contributed by atoms with E-state index in [-0.39, 0.29) is 6.04 Å². The highest BCUT2D eigenvalue weighted by Gasteiger charge is 2.05. The predicted molar refractivity (Wildman–Crippen MR) is 42.4 cm³/mol. The van der Waals surface area contributed by atoms with Gasteiger partial charge in [-0.3, -0.25) is 11.3 Å². The average molecular weight is 152 g/mol. The molecule has 1 aromatic rings. The molecule has 0 aliphatic carbocycles. The number of aromatic nitrogens is 2. The fraction of sp³-hybridized carbons (Fsp3) is 0.429. The molecule has 4 nitrogen and oxygen atoms in total. The summed E-state index contributed by atoms with van der Waals surface area (Å²) in [6.07, 6.45) is 4.32. The van der Waals surface area contributed by atoms with E-state index in [9.17, 15) is 0 Å². The van der Waals surface area contributed by atoms with Crippen molar-refractivity contribution >= 4 is 0 Å². The molecule has 0 spiro atoms. The van der Waals surface area contributed by atoms with Crippen LogP contribution in [0.1, 0.15) is 24.9 Å². The van der Waals surface area contributed by atoms with Crippen molar-refractivity contribution in [1.82, 2.24) is 15.6 Å². The molecule has 0 saturated heterocycles. The first kappa shape index (κ1) is 8.10. The van der Waals surface area contributed by atoms with Gasteiger partial charge in [-0.1, -0.05) is 6.92 Å². The second kappa shape index (κ2) is 4.00. The van der Waals surface area contributed by atoms with Crippen LogP contribution in [0, 0.1) is 0 Å². The van der Waals surface area contributed by atoms with E-state index in [4.69, 9.17) is 5.84 Å². The first-order valence-electron chi connectivity index (χ1n) is 3.61. The van der Waals surface area contributed by atoms with Crippen LogP contribution in [0.15, 0.2) is 18.5 Å². The molecule has 60 valence electrons. The summed E-state index contributed by atoms with van der Waals surface area (Å²) in [7, 11) is 0. The molecule has 0 aliphatic rings. The van der Waals surface area contributed by atoms with Crippen LogP contribution in [-0.4, -0.2) is 10.2 Å². The SMILES string of the molecule is CCC(NN)c1ccnnc1. The van der Waals surface area contributed by atoms with Gasteiger partial charge in [0, 0.05) is 12.2 Å². The van der Waals surface area contributed by atoms with Gasteiger partial charge in [0.15, 0.2) is 0 Å². The lowest BCUT2D eigenvalue weighted by Crippen LogP contribution is -2.27. The lowest BCUT2D eigenvalue weighted by molar-refractivity contribution is 0.536. The molecular weight excluding hydrogens is 140 g/mol. The van der Waals surface area contributed by atoms with E-state index in [0.717, 1.165) is 12.0 Å². The second-order valence-electron chi connectivity index (χ2n) is 2.30. The van der Waals surface area contributed by atoms with Crippen LogP contribution in [0.25, 0.3) is 0 Å². The van der Waals surface area contributed by atoms with E-state index < -0.39 is 0 Å². The molecule has 0 radical (unpaired) electrons. The third kappa shape index (κ3) is 1.96. The highest BCUT2D eigenvalue weighted by Crippen LogP contribution is 2.11. The standard InChI is InChI=1S/C7H12N4/c1-2-7(11-8)6-3-4-9-10-5-6/h3-5,7,11H,2,8H2,1H3. The zero-order chi connectivity index (χ0) is 8.10. The number of rotatable bonds is 3. The van der Waals surface area contributed by atoms with Gasteiger partial charge in [0.1, 0.15) is 0 Å². The molecule has 0 saturated carbocycles. The molecule has 0 aromatic carbocycles. The molecule has 3 N–H and O–H groups in total. The Labute approximate surface area is 65.8 Å². The molecule has 1 rings (SSSR count). The van der Waals surface area contributed by atoms with E-state index in [1.807, 2.05) is 6.07 Å². The Morgan fingerprint density at radius 2 is 2.45 bits per heavy atom. The smallest absolute Gasteiger partial charge is 0.0544 e. The van der Waals surface area contributed by atoms with Crippen molar-refractivity contribution in [1.29, 1.82) is 0 Å². The molecule has 0 bridgehead atoms. The summed E-state index contributed by atoms with van der Waals surface area (Å²) in [5.74, 6) is 5.32. The van der Waals surface area contributed by atoms with Crippen molar-refractivity contribution in [2.24, 2.45) is 5.84 Å². The van der Waals surface area contributed by atoms with Crippen molar-refractivity contribution in [3.05, 3.63) is 24.0 Å². The van der Waals surface area contributed by atoms with Crippen LogP contribution in [0.3, 0.4) is 0 Å². The van der Waals surface area contributed by atoms with Gasteiger partial charge in [-0.25, -0.2) is 0 Å². The van der Waals surface area contributed by atoms with Crippen molar-refractivity contribution in [3.8, 4) is 0 Å². The Bertz CT molecular complexity index is 195. The van der Waals surface area contributed by atoms with Gasteiger partial charge in [0.05, 0.1) is 6.20 Å². The molecule has 0 aliphatic heterocycles. The van der Waals surface area contributed by atoms with Gasteiger partial charge >= 0.3 is 0 Å². The monoisotopic (exact) mass is 152 g/mol. The molecule has 1 atom stereocenters. The molecule has 1 aromatic heterocycles. The Hall–Kier alpha value is -1.00. The van der Waals surface area contributed by atoms with Crippen LogP contribution >= 0.6 is 0 Å². The Balaban J connectivity index is 2.74. The minimum absolute atomic E-state index is 0.186. The molecular formula is C7H12N4. The zero-order valence-electron chi connectivity index (χ0n) is 6.49. The predicted octanol–water partition coefficient (Wildman–Crippen LogP) is 0.391. The summed E-state index contributed by atoms with van der Waals surface area (Å²) >= 11 is 0. The van der Waals surface area contributed by atoms with Crippen LogP contribution in [0.4, 0.5) is 0 Å². The molecule has 1 heterocycles. The van der Waals surface area contributed by atoms with E-state index in [0.29, 0.717) is 0 Å². The number of nitrogens with two attached hydrogens (primary N) is 1. The van der Waals surface area contributed by atoms with Gasteiger partial charge < -0.3 is 0 Å². The summed E-state index contributed by atoms with van der Waals surface area (Å²) in [5, 5.41) is 7.43. The summed E-state index contributed by atoms with van der Waals surface area (Å²) in [4.78, 5) is 0. The summed E-state index contributed by atoms with van der Waals surface area (Å²) in [6.45, 7) is 2.06. The van der Waals surface area contributed by atoms with Gasteiger partial charge in [0.25, 0.3) is 0 Å². The van der Waals surface area contributed by atoms with Crippen molar-refractivity contribution in [3.63, 3.8) is 0 Å². The van der Waals surface area contributed by atoms with E-state index in [1.165, 1.54) is 0 Å². The zero-order valence-corrected chi connectivity index (χ0v) is 6.49. The van der Waals surface area contributed by atoms with E-state index in [2.05, 4.69) is 22.5 Å². The normalized spacial score (nSPS) is 12.9. The highest BCUT2D eigenvalue weighted by atomic mass is 15.2. The lowest BCUT2D eigenvalue weighted by atomic mass is 10.1. The van der Waals surface area contributed by atoms with Crippen molar-refractivity contribution in [2.75, 3.05) is 0 Å². The maximum absolute atomic E-state index is 5.32. The molecule has 0 fully saturated rings. The third-order valence-electron chi connectivity index (χ3n) is 1.62. The topological polar surface area (TPSA) is 63.8 Å². The number of nitrogens with one attached hydrogen (secondary N) is 1. The van der Waals surface area contributed by atoms with Crippen LogP contribution in [0.2, 0.25) is 0 Å². The summed E-state index contributed by atoms with van der Waals surface area (Å²) in [6, 6.07) is 2.09. The van der Waals surface area contributed by atoms with Crippen LogP contribution in [-0.2, 0) is 0 Å². The minimum Gasteiger partial charge on any atom is -0.271 e. The number of hydrogen-bond acceptors (Lipinski definition) is 4. The van der Waals surface area contributed by atoms with E-state index in [1.54, 1.807) is 12.4 Å². The number of hydrogen-bond donors (Lipinski definition) is 2. The second-order valence-corrected chi connectivity index (χ2v) is 2.30. The fourth-order valence-electron chi connectivity index (χ4n) is 0.957. The molecule has 1 unspecified atom stereocenters. The number of hydrazine groups is 1. The largest absolute Gasteiger partial charge is 0.271 e. The highest BCUT2D eigenvalue weighted by molar-refractivity contribution is 5.10. The van der Waals surface area contributed by atoms with Crippen LogP contribution in [0.5, 0.6) is 0 Å². The Morgan fingerprint density at radius 3 is 2.91 bits per heavy atom. The minimum atomic E-state index is 0.186. The quantitative estimate of drug-likeness (QED) is 0.486. The van der Waals surface area contributed by atoms with Crippen LogP contribution < -0.4 is 11.3 Å². The maximum atomic E-state index is 5.32. The Kier molecular flexibility index (Phi) is 2.95. The molecule has 4 heteroatoms. The first-order valence-corrected chi connectivity index (χ1v) is 3.61. The van der Waals surface area contributed by atoms with Crippen molar-refractivity contribution < 1.29 is 0 Å². The first-order chi connectivity index (χ1) is 5.38. The van der Waals surface area contributed by atoms with Crippen molar-refractivity contribution in [2.45, 2.75) is 19.4 Å². The molecule has 11 heavy (non-hydrogen) atoms. The summed E-state index contributed by atoms with van der Waals surface area (Å²) in [5.41, 5.74) is 3.77. The maximum Gasteiger partial charge on any atom is 0.0544 e. The van der Waals surface area contributed by atoms with Gasteiger partial charge in [-0.05, 0) is 18.1 Å². The average Bonchev–Trinajstić information content (AvgIpc) is 2.09. The van der Waals surface area contributed by atoms with Gasteiger partial charge in [0.2, 0.25) is 0 Å². The van der Waals surface area contributed by atoms with Gasteiger partial charge in [-0.15, -0.1) is 0 Å². The lowest BCUT2D eigenvalue weighted by Gasteiger charge is -2.11. The van der Waals surface area contributed by atoms with E-state index >= 15 is 0 Å². The third-order valence-corrected chi connectivity index (χ3v) is 1.62. The molecule has 0 amide bonds. The summed E-state index contributed by atoms with van der Waals surface area (Å²) < 4.78 is 0. The Morgan fingerprint density at radius 1 is 1.64 bits per heavy atom.